The molecule has 4 rings (SSSR count). The molecule has 0 saturated carbocycles. The summed E-state index contributed by atoms with van der Waals surface area (Å²) in [5, 5.41) is 3.16. The van der Waals surface area contributed by atoms with Crippen LogP contribution in [0.4, 0.5) is 5.69 Å². The van der Waals surface area contributed by atoms with Crippen LogP contribution in [0.3, 0.4) is 0 Å². The molecular weight excluding hydrogens is 406 g/mol. The van der Waals surface area contributed by atoms with E-state index in [0.29, 0.717) is 22.7 Å². The Hall–Kier alpha value is -4.13. The number of hydrogen-bond acceptors (Lipinski definition) is 6. The predicted octanol–water partition coefficient (Wildman–Crippen LogP) is 3.80. The lowest BCUT2D eigenvalue weighted by atomic mass is 10.0. The standard InChI is InChI=1S/C25H23N3O4/c1-16-6-9-19(10-7-16)27-23-22(18-8-11-20(31-2)21(13-18)32-3)24(29)28(25(23)30)15-17-5-4-12-26-14-17/h4-14,27H,15H2,1-3H3. The lowest BCUT2D eigenvalue weighted by Crippen LogP contribution is -2.32. The Morgan fingerprint density at radius 1 is 0.938 bits per heavy atom. The molecule has 3 aromatic rings. The van der Waals surface area contributed by atoms with Gasteiger partial charge in [-0.15, -0.1) is 0 Å². The van der Waals surface area contributed by atoms with Gasteiger partial charge in [0.05, 0.1) is 26.3 Å². The number of rotatable bonds is 7. The third-order valence-corrected chi connectivity index (χ3v) is 5.22. The van der Waals surface area contributed by atoms with E-state index in [0.717, 1.165) is 11.1 Å². The molecule has 2 amide bonds. The van der Waals surface area contributed by atoms with Gasteiger partial charge in [-0.3, -0.25) is 19.5 Å². The maximum atomic E-state index is 13.4. The minimum Gasteiger partial charge on any atom is -0.493 e. The molecule has 162 valence electrons. The summed E-state index contributed by atoms with van der Waals surface area (Å²) in [6, 6.07) is 16.4. The highest BCUT2D eigenvalue weighted by molar-refractivity contribution is 6.36. The highest BCUT2D eigenvalue weighted by atomic mass is 16.5. The molecule has 7 nitrogen and oxygen atoms in total. The van der Waals surface area contributed by atoms with E-state index in [2.05, 4.69) is 10.3 Å². The van der Waals surface area contributed by atoms with Gasteiger partial charge in [-0.1, -0.05) is 29.8 Å². The first-order chi connectivity index (χ1) is 15.5. The van der Waals surface area contributed by atoms with E-state index in [1.807, 2.05) is 37.3 Å². The van der Waals surface area contributed by atoms with E-state index in [9.17, 15) is 9.59 Å². The smallest absolute Gasteiger partial charge is 0.278 e. The molecule has 1 N–H and O–H groups in total. The van der Waals surface area contributed by atoms with Crippen LogP contribution >= 0.6 is 0 Å². The molecular formula is C25H23N3O4. The number of ether oxygens (including phenoxy) is 2. The molecule has 32 heavy (non-hydrogen) atoms. The van der Waals surface area contributed by atoms with Gasteiger partial charge < -0.3 is 14.8 Å². The van der Waals surface area contributed by atoms with Crippen LogP contribution in [0, 0.1) is 6.92 Å². The first-order valence-electron chi connectivity index (χ1n) is 10.1. The average molecular weight is 429 g/mol. The van der Waals surface area contributed by atoms with Crippen molar-refractivity contribution in [2.24, 2.45) is 0 Å². The molecule has 0 unspecified atom stereocenters. The number of nitrogens with zero attached hydrogens (tertiary/aromatic N) is 2. The number of carbonyl (C=O) groups excluding carboxylic acids is 2. The van der Waals surface area contributed by atoms with Crippen molar-refractivity contribution < 1.29 is 19.1 Å². The van der Waals surface area contributed by atoms with Gasteiger partial charge in [0.2, 0.25) is 0 Å². The van der Waals surface area contributed by atoms with Gasteiger partial charge in [-0.25, -0.2) is 0 Å². The molecule has 0 spiro atoms. The zero-order valence-corrected chi connectivity index (χ0v) is 18.1. The first-order valence-corrected chi connectivity index (χ1v) is 10.1. The number of aromatic nitrogens is 1. The highest BCUT2D eigenvalue weighted by Gasteiger charge is 2.39. The molecule has 0 saturated heterocycles. The van der Waals surface area contributed by atoms with E-state index in [1.165, 1.54) is 12.0 Å². The molecule has 1 aliphatic rings. The van der Waals surface area contributed by atoms with Crippen molar-refractivity contribution in [1.29, 1.82) is 0 Å². The molecule has 1 aliphatic heterocycles. The van der Waals surface area contributed by atoms with Crippen LogP contribution in [0.5, 0.6) is 11.5 Å². The largest absolute Gasteiger partial charge is 0.493 e. The van der Waals surface area contributed by atoms with Crippen molar-refractivity contribution in [2.45, 2.75) is 13.5 Å². The molecule has 0 fully saturated rings. The summed E-state index contributed by atoms with van der Waals surface area (Å²) >= 11 is 0. The molecule has 1 aromatic heterocycles. The number of methoxy groups -OCH3 is 2. The zero-order valence-electron chi connectivity index (χ0n) is 18.1. The Morgan fingerprint density at radius 3 is 2.34 bits per heavy atom. The fourth-order valence-electron chi connectivity index (χ4n) is 3.55. The van der Waals surface area contributed by atoms with Crippen LogP contribution in [0.15, 0.2) is 72.7 Å². The van der Waals surface area contributed by atoms with Gasteiger partial charge in [0.25, 0.3) is 11.8 Å². The van der Waals surface area contributed by atoms with Crippen molar-refractivity contribution in [3.8, 4) is 11.5 Å². The lowest BCUT2D eigenvalue weighted by molar-refractivity contribution is -0.137. The van der Waals surface area contributed by atoms with Crippen molar-refractivity contribution in [3.63, 3.8) is 0 Å². The van der Waals surface area contributed by atoms with Gasteiger partial charge in [-0.2, -0.15) is 0 Å². The van der Waals surface area contributed by atoms with E-state index in [4.69, 9.17) is 9.47 Å². The number of aryl methyl sites for hydroxylation is 1. The van der Waals surface area contributed by atoms with Crippen molar-refractivity contribution in [1.82, 2.24) is 9.88 Å². The lowest BCUT2D eigenvalue weighted by Gasteiger charge is -2.15. The van der Waals surface area contributed by atoms with Crippen molar-refractivity contribution in [2.75, 3.05) is 19.5 Å². The van der Waals surface area contributed by atoms with Crippen LogP contribution in [-0.4, -0.2) is 35.9 Å². The second-order valence-corrected chi connectivity index (χ2v) is 7.37. The van der Waals surface area contributed by atoms with Gasteiger partial charge in [-0.05, 0) is 48.4 Å². The number of hydrogen-bond donors (Lipinski definition) is 1. The number of amides is 2. The normalized spacial score (nSPS) is 13.5. The van der Waals surface area contributed by atoms with E-state index < -0.39 is 5.91 Å². The van der Waals surface area contributed by atoms with E-state index in [-0.39, 0.29) is 23.7 Å². The third kappa shape index (κ3) is 4.05. The summed E-state index contributed by atoms with van der Waals surface area (Å²) in [6.45, 7) is 2.11. The SMILES string of the molecule is COc1ccc(C2=C(Nc3ccc(C)cc3)C(=O)N(Cc3cccnc3)C2=O)cc1OC. The van der Waals surface area contributed by atoms with Crippen LogP contribution in [0.25, 0.3) is 5.57 Å². The number of imide groups is 1. The summed E-state index contributed by atoms with van der Waals surface area (Å²) in [5.41, 5.74) is 3.63. The van der Waals surface area contributed by atoms with Crippen LogP contribution in [-0.2, 0) is 16.1 Å². The average Bonchev–Trinajstić information content (AvgIpc) is 3.05. The Morgan fingerprint density at radius 2 is 1.69 bits per heavy atom. The summed E-state index contributed by atoms with van der Waals surface area (Å²) in [7, 11) is 3.07. The second kappa shape index (κ2) is 8.93. The van der Waals surface area contributed by atoms with Gasteiger partial charge in [0.15, 0.2) is 11.5 Å². The number of benzene rings is 2. The second-order valence-electron chi connectivity index (χ2n) is 7.37. The van der Waals surface area contributed by atoms with Crippen LogP contribution < -0.4 is 14.8 Å². The highest BCUT2D eigenvalue weighted by Crippen LogP contribution is 2.36. The van der Waals surface area contributed by atoms with Crippen molar-refractivity contribution >= 4 is 23.1 Å². The maximum absolute atomic E-state index is 13.4. The monoisotopic (exact) mass is 429 g/mol. The van der Waals surface area contributed by atoms with Gasteiger partial charge in [0, 0.05) is 18.1 Å². The summed E-state index contributed by atoms with van der Waals surface area (Å²) in [4.78, 5) is 32.1. The van der Waals surface area contributed by atoms with E-state index in [1.54, 1.807) is 43.8 Å². The fourth-order valence-corrected chi connectivity index (χ4v) is 3.55. The Labute approximate surface area is 186 Å². The maximum Gasteiger partial charge on any atom is 0.278 e. The number of anilines is 1. The zero-order chi connectivity index (χ0) is 22.7. The molecule has 0 aliphatic carbocycles. The van der Waals surface area contributed by atoms with Crippen LogP contribution in [0.2, 0.25) is 0 Å². The molecule has 7 heteroatoms. The summed E-state index contributed by atoms with van der Waals surface area (Å²) in [5.74, 6) is 0.219. The Bertz CT molecular complexity index is 1190. The Kier molecular flexibility index (Phi) is 5.89. The first kappa shape index (κ1) is 21.1. The number of nitrogens with one attached hydrogen (secondary N) is 1. The fraction of sp³-hybridized carbons (Fsp3) is 0.160. The minimum atomic E-state index is -0.399. The molecule has 0 bridgehead atoms. The topological polar surface area (TPSA) is 80.8 Å². The third-order valence-electron chi connectivity index (χ3n) is 5.22. The molecule has 0 atom stereocenters. The Balaban J connectivity index is 1.78. The van der Waals surface area contributed by atoms with Gasteiger partial charge >= 0.3 is 0 Å². The summed E-state index contributed by atoms with van der Waals surface area (Å²) < 4.78 is 10.7. The van der Waals surface area contributed by atoms with Crippen LogP contribution in [0.1, 0.15) is 16.7 Å². The van der Waals surface area contributed by atoms with Crippen molar-refractivity contribution in [3.05, 3.63) is 89.4 Å². The number of pyridine rings is 1. The number of carbonyl (C=O) groups is 2. The van der Waals surface area contributed by atoms with Gasteiger partial charge in [0.1, 0.15) is 5.70 Å². The summed E-state index contributed by atoms with van der Waals surface area (Å²) in [6.07, 6.45) is 3.29. The molecule has 2 heterocycles. The predicted molar refractivity (Wildman–Crippen MR) is 121 cm³/mol. The molecule has 0 radical (unpaired) electrons. The minimum absolute atomic E-state index is 0.126. The van der Waals surface area contributed by atoms with E-state index >= 15 is 0 Å². The molecule has 2 aromatic carbocycles. The quantitative estimate of drug-likeness (QED) is 0.576.